The molecule has 0 aliphatic heterocycles. The Morgan fingerprint density at radius 2 is 1.04 bits per heavy atom. The van der Waals surface area contributed by atoms with Gasteiger partial charge >= 0.3 is 0 Å². The quantitative estimate of drug-likeness (QED) is 0.319. The minimum atomic E-state index is 0.818. The standard InChI is InChI=1S/C24H14O2/c1-2-6-15(7-3-1)16-10-11-18-20-13-12-19-17-8-4-5-9-21(17)25-23(19)24(20)26-22(18)14-16/h1-14H. The van der Waals surface area contributed by atoms with Gasteiger partial charge in [0.1, 0.15) is 11.2 Å². The molecule has 122 valence electrons. The van der Waals surface area contributed by atoms with Crippen LogP contribution in [0.3, 0.4) is 0 Å². The van der Waals surface area contributed by atoms with Crippen LogP contribution in [0.1, 0.15) is 0 Å². The summed E-state index contributed by atoms with van der Waals surface area (Å²) in [4.78, 5) is 0. The van der Waals surface area contributed by atoms with Gasteiger partial charge in [-0.2, -0.15) is 0 Å². The Bertz CT molecular complexity index is 1420. The van der Waals surface area contributed by atoms with Crippen molar-refractivity contribution in [3.05, 3.63) is 84.9 Å². The fourth-order valence-corrected chi connectivity index (χ4v) is 3.83. The summed E-state index contributed by atoms with van der Waals surface area (Å²) in [5.74, 6) is 0. The molecule has 0 saturated heterocycles. The van der Waals surface area contributed by atoms with Crippen molar-refractivity contribution in [2.24, 2.45) is 0 Å². The van der Waals surface area contributed by atoms with Gasteiger partial charge in [0.15, 0.2) is 11.2 Å². The van der Waals surface area contributed by atoms with Crippen molar-refractivity contribution in [2.75, 3.05) is 0 Å². The predicted octanol–water partition coefficient (Wildman–Crippen LogP) is 7.15. The molecule has 4 aromatic carbocycles. The summed E-state index contributed by atoms with van der Waals surface area (Å²) >= 11 is 0. The van der Waals surface area contributed by atoms with Crippen LogP contribution >= 0.6 is 0 Å². The van der Waals surface area contributed by atoms with E-state index in [1.807, 2.05) is 24.3 Å². The minimum absolute atomic E-state index is 0.818. The van der Waals surface area contributed by atoms with E-state index in [1.165, 1.54) is 5.56 Å². The van der Waals surface area contributed by atoms with Crippen molar-refractivity contribution in [1.29, 1.82) is 0 Å². The second-order valence-electron chi connectivity index (χ2n) is 6.60. The smallest absolute Gasteiger partial charge is 0.178 e. The van der Waals surface area contributed by atoms with Gasteiger partial charge in [0.05, 0.1) is 0 Å². The molecule has 0 atom stereocenters. The number of benzene rings is 4. The van der Waals surface area contributed by atoms with Crippen LogP contribution in [0.15, 0.2) is 93.8 Å². The molecule has 0 unspecified atom stereocenters. The van der Waals surface area contributed by atoms with Crippen LogP contribution in [0.4, 0.5) is 0 Å². The molecule has 0 spiro atoms. The maximum Gasteiger partial charge on any atom is 0.178 e. The van der Waals surface area contributed by atoms with E-state index in [9.17, 15) is 0 Å². The van der Waals surface area contributed by atoms with E-state index < -0.39 is 0 Å². The number of furan rings is 2. The zero-order chi connectivity index (χ0) is 17.1. The fraction of sp³-hybridized carbons (Fsp3) is 0. The normalized spacial score (nSPS) is 11.8. The monoisotopic (exact) mass is 334 g/mol. The van der Waals surface area contributed by atoms with Crippen LogP contribution < -0.4 is 0 Å². The van der Waals surface area contributed by atoms with Gasteiger partial charge < -0.3 is 8.83 Å². The number of hydrogen-bond acceptors (Lipinski definition) is 2. The topological polar surface area (TPSA) is 26.3 Å². The van der Waals surface area contributed by atoms with Crippen molar-refractivity contribution >= 4 is 43.9 Å². The van der Waals surface area contributed by atoms with Crippen molar-refractivity contribution < 1.29 is 8.83 Å². The lowest BCUT2D eigenvalue weighted by Gasteiger charge is -2.00. The van der Waals surface area contributed by atoms with Crippen molar-refractivity contribution in [3.63, 3.8) is 0 Å². The van der Waals surface area contributed by atoms with Crippen LogP contribution in [-0.4, -0.2) is 0 Å². The summed E-state index contributed by atoms with van der Waals surface area (Å²) in [7, 11) is 0. The van der Waals surface area contributed by atoms with E-state index in [-0.39, 0.29) is 0 Å². The van der Waals surface area contributed by atoms with E-state index in [4.69, 9.17) is 8.83 Å². The molecule has 0 amide bonds. The van der Waals surface area contributed by atoms with Crippen molar-refractivity contribution in [1.82, 2.24) is 0 Å². The Hall–Kier alpha value is -3.52. The summed E-state index contributed by atoms with van der Waals surface area (Å²) < 4.78 is 12.4. The molecule has 6 aromatic rings. The average molecular weight is 334 g/mol. The lowest BCUT2D eigenvalue weighted by Crippen LogP contribution is -1.76. The molecule has 2 nitrogen and oxygen atoms in total. The van der Waals surface area contributed by atoms with E-state index in [2.05, 4.69) is 60.7 Å². The molecule has 0 fully saturated rings. The van der Waals surface area contributed by atoms with Gasteiger partial charge in [-0.25, -0.2) is 0 Å². The first-order chi connectivity index (χ1) is 12.9. The lowest BCUT2D eigenvalue weighted by molar-refractivity contribution is 0.633. The third kappa shape index (κ3) is 1.81. The SMILES string of the molecule is c1ccc(-c2ccc3c(c2)oc2c3ccc3c4ccccc4oc32)cc1. The average Bonchev–Trinajstić information content (AvgIpc) is 3.26. The highest BCUT2D eigenvalue weighted by atomic mass is 16.4. The molecule has 6 rings (SSSR count). The highest BCUT2D eigenvalue weighted by molar-refractivity contribution is 6.19. The molecule has 0 aliphatic rings. The maximum absolute atomic E-state index is 6.26. The van der Waals surface area contributed by atoms with Gasteiger partial charge in [-0.3, -0.25) is 0 Å². The highest BCUT2D eigenvalue weighted by Crippen LogP contribution is 2.39. The van der Waals surface area contributed by atoms with E-state index in [0.29, 0.717) is 0 Å². The Morgan fingerprint density at radius 3 is 1.85 bits per heavy atom. The Kier molecular flexibility index (Phi) is 2.64. The summed E-state index contributed by atoms with van der Waals surface area (Å²) in [6.45, 7) is 0. The summed E-state index contributed by atoms with van der Waals surface area (Å²) in [6, 6.07) is 29.1. The van der Waals surface area contributed by atoms with Gasteiger partial charge in [0.2, 0.25) is 0 Å². The van der Waals surface area contributed by atoms with Gasteiger partial charge in [-0.15, -0.1) is 0 Å². The Labute approximate surface area is 149 Å². The summed E-state index contributed by atoms with van der Waals surface area (Å²) in [6.07, 6.45) is 0. The second kappa shape index (κ2) is 4.99. The molecule has 0 aliphatic carbocycles. The first-order valence-electron chi connectivity index (χ1n) is 8.70. The number of para-hydroxylation sites is 1. The van der Waals surface area contributed by atoms with Gasteiger partial charge in [-0.1, -0.05) is 54.6 Å². The highest BCUT2D eigenvalue weighted by Gasteiger charge is 2.15. The number of hydrogen-bond donors (Lipinski definition) is 0. The molecule has 2 heteroatoms. The Morgan fingerprint density at radius 1 is 0.423 bits per heavy atom. The Balaban J connectivity index is 1.69. The molecular weight excluding hydrogens is 320 g/mol. The van der Waals surface area contributed by atoms with Crippen LogP contribution in [0.5, 0.6) is 0 Å². The minimum Gasteiger partial charge on any atom is -0.452 e. The molecule has 0 bridgehead atoms. The van der Waals surface area contributed by atoms with E-state index in [1.54, 1.807) is 0 Å². The largest absolute Gasteiger partial charge is 0.452 e. The van der Waals surface area contributed by atoms with Gasteiger partial charge in [0, 0.05) is 21.5 Å². The molecule has 26 heavy (non-hydrogen) atoms. The molecular formula is C24H14O2. The third-order valence-electron chi connectivity index (χ3n) is 5.09. The zero-order valence-corrected chi connectivity index (χ0v) is 13.9. The molecule has 0 saturated carbocycles. The second-order valence-corrected chi connectivity index (χ2v) is 6.60. The zero-order valence-electron chi connectivity index (χ0n) is 13.9. The van der Waals surface area contributed by atoms with Crippen LogP contribution in [-0.2, 0) is 0 Å². The summed E-state index contributed by atoms with van der Waals surface area (Å²) in [5.41, 5.74) is 5.75. The van der Waals surface area contributed by atoms with E-state index >= 15 is 0 Å². The van der Waals surface area contributed by atoms with Crippen LogP contribution in [0, 0.1) is 0 Å². The predicted molar refractivity (Wildman–Crippen MR) is 106 cm³/mol. The molecule has 0 N–H and O–H groups in total. The third-order valence-corrected chi connectivity index (χ3v) is 5.09. The first kappa shape index (κ1) is 13.7. The summed E-state index contributed by atoms with van der Waals surface area (Å²) in [5, 5.41) is 4.42. The molecule has 0 radical (unpaired) electrons. The fourth-order valence-electron chi connectivity index (χ4n) is 3.83. The van der Waals surface area contributed by atoms with Crippen molar-refractivity contribution in [3.8, 4) is 11.1 Å². The molecule has 2 heterocycles. The number of rotatable bonds is 1. The first-order valence-corrected chi connectivity index (χ1v) is 8.70. The molecule has 2 aromatic heterocycles. The van der Waals surface area contributed by atoms with Crippen LogP contribution in [0.25, 0.3) is 55.0 Å². The maximum atomic E-state index is 6.26. The number of fused-ring (bicyclic) bond motifs is 7. The van der Waals surface area contributed by atoms with Gasteiger partial charge in [0.25, 0.3) is 0 Å². The van der Waals surface area contributed by atoms with Crippen molar-refractivity contribution in [2.45, 2.75) is 0 Å². The lowest BCUT2D eigenvalue weighted by atomic mass is 10.0. The van der Waals surface area contributed by atoms with E-state index in [0.717, 1.165) is 49.4 Å². The van der Waals surface area contributed by atoms with Gasteiger partial charge in [-0.05, 0) is 41.5 Å². The van der Waals surface area contributed by atoms with Crippen LogP contribution in [0.2, 0.25) is 0 Å².